The molecule has 0 bridgehead atoms. The highest BCUT2D eigenvalue weighted by Gasteiger charge is 2.47. The average Bonchev–Trinajstić information content (AvgIpc) is 2.96. The minimum Gasteiger partial charge on any atom is -0.441 e. The summed E-state index contributed by atoms with van der Waals surface area (Å²) in [5.74, 6) is 0.440. The molecule has 0 aliphatic carbocycles. The molecule has 0 radical (unpaired) electrons. The summed E-state index contributed by atoms with van der Waals surface area (Å²) in [4.78, 5) is 30.0. The molecular formula is C21H31N3O3. The zero-order chi connectivity index (χ0) is 19.4. The number of hydrogen-bond acceptors (Lipinski definition) is 4. The summed E-state index contributed by atoms with van der Waals surface area (Å²) in [7, 11) is 3.58. The van der Waals surface area contributed by atoms with Gasteiger partial charge in [-0.1, -0.05) is 37.3 Å². The van der Waals surface area contributed by atoms with E-state index < -0.39 is 0 Å². The fourth-order valence-electron chi connectivity index (χ4n) is 3.97. The minimum atomic E-state index is -0.352. The van der Waals surface area contributed by atoms with Gasteiger partial charge in [-0.2, -0.15) is 0 Å². The van der Waals surface area contributed by atoms with Crippen LogP contribution in [-0.2, 0) is 9.53 Å². The lowest BCUT2D eigenvalue weighted by atomic mass is 9.91. The van der Waals surface area contributed by atoms with Crippen LogP contribution in [0.2, 0.25) is 0 Å². The fourth-order valence-corrected chi connectivity index (χ4v) is 3.97. The Balaban J connectivity index is 1.49. The van der Waals surface area contributed by atoms with Gasteiger partial charge < -0.3 is 19.4 Å². The molecule has 2 aliphatic rings. The molecule has 0 unspecified atom stereocenters. The number of amides is 2. The lowest BCUT2D eigenvalue weighted by Crippen LogP contribution is -2.47. The van der Waals surface area contributed by atoms with E-state index in [0.717, 1.165) is 32.5 Å². The SMILES string of the molecule is C[C@@H](CN1CC2(CCN(CCC(=O)N(C)C)CC2)OC1=O)c1ccccc1. The summed E-state index contributed by atoms with van der Waals surface area (Å²) in [6.07, 6.45) is 2.03. The van der Waals surface area contributed by atoms with Crippen LogP contribution in [0.5, 0.6) is 0 Å². The van der Waals surface area contributed by atoms with Crippen molar-refractivity contribution in [3.63, 3.8) is 0 Å². The first-order chi connectivity index (χ1) is 12.9. The van der Waals surface area contributed by atoms with Crippen LogP contribution in [0.1, 0.15) is 37.7 Å². The van der Waals surface area contributed by atoms with Crippen molar-refractivity contribution in [3.05, 3.63) is 35.9 Å². The topological polar surface area (TPSA) is 53.1 Å². The Hall–Kier alpha value is -2.08. The van der Waals surface area contributed by atoms with Gasteiger partial charge in [0.15, 0.2) is 0 Å². The van der Waals surface area contributed by atoms with Crippen molar-refractivity contribution < 1.29 is 14.3 Å². The maximum absolute atomic E-state index is 12.4. The van der Waals surface area contributed by atoms with Crippen LogP contribution in [0.25, 0.3) is 0 Å². The lowest BCUT2D eigenvalue weighted by molar-refractivity contribution is -0.129. The second-order valence-corrected chi connectivity index (χ2v) is 8.12. The molecule has 148 valence electrons. The van der Waals surface area contributed by atoms with E-state index in [0.29, 0.717) is 19.5 Å². The van der Waals surface area contributed by atoms with Crippen LogP contribution < -0.4 is 0 Å². The molecule has 6 nitrogen and oxygen atoms in total. The summed E-state index contributed by atoms with van der Waals surface area (Å²) >= 11 is 0. The molecule has 2 saturated heterocycles. The summed E-state index contributed by atoms with van der Waals surface area (Å²) in [6, 6.07) is 10.3. The van der Waals surface area contributed by atoms with E-state index in [1.165, 1.54) is 5.56 Å². The predicted octanol–water partition coefficient (Wildman–Crippen LogP) is 2.56. The Morgan fingerprint density at radius 2 is 1.89 bits per heavy atom. The molecular weight excluding hydrogens is 342 g/mol. The largest absolute Gasteiger partial charge is 0.441 e. The maximum Gasteiger partial charge on any atom is 0.410 e. The smallest absolute Gasteiger partial charge is 0.410 e. The van der Waals surface area contributed by atoms with Crippen LogP contribution in [0, 0.1) is 0 Å². The number of carbonyl (C=O) groups is 2. The van der Waals surface area contributed by atoms with E-state index in [4.69, 9.17) is 4.74 Å². The average molecular weight is 373 g/mol. The first kappa shape index (κ1) is 19.7. The number of piperidine rings is 1. The van der Waals surface area contributed by atoms with Crippen molar-refractivity contribution in [2.75, 3.05) is 46.8 Å². The van der Waals surface area contributed by atoms with Crippen LogP contribution >= 0.6 is 0 Å². The minimum absolute atomic E-state index is 0.156. The Labute approximate surface area is 162 Å². The van der Waals surface area contributed by atoms with Crippen molar-refractivity contribution in [1.82, 2.24) is 14.7 Å². The maximum atomic E-state index is 12.4. The third-order valence-electron chi connectivity index (χ3n) is 5.81. The Kier molecular flexibility index (Phi) is 6.05. The van der Waals surface area contributed by atoms with Crippen molar-refractivity contribution in [3.8, 4) is 0 Å². The molecule has 2 amide bonds. The Morgan fingerprint density at radius 3 is 2.52 bits per heavy atom. The number of hydrogen-bond donors (Lipinski definition) is 0. The highest BCUT2D eigenvalue weighted by atomic mass is 16.6. The molecule has 1 spiro atoms. The van der Waals surface area contributed by atoms with E-state index in [9.17, 15) is 9.59 Å². The third kappa shape index (κ3) is 4.80. The summed E-state index contributed by atoms with van der Waals surface area (Å²) in [5.41, 5.74) is 0.891. The van der Waals surface area contributed by atoms with Gasteiger partial charge >= 0.3 is 6.09 Å². The molecule has 2 fully saturated rings. The zero-order valence-corrected chi connectivity index (χ0v) is 16.7. The van der Waals surface area contributed by atoms with Crippen molar-refractivity contribution in [2.45, 2.75) is 37.7 Å². The second-order valence-electron chi connectivity index (χ2n) is 8.12. The number of likely N-dealkylation sites (tertiary alicyclic amines) is 1. The summed E-state index contributed by atoms with van der Waals surface area (Å²) in [6.45, 7) is 6.03. The molecule has 1 aromatic rings. The molecule has 0 aromatic heterocycles. The van der Waals surface area contributed by atoms with Gasteiger partial charge in [0.25, 0.3) is 0 Å². The van der Waals surface area contributed by atoms with Crippen LogP contribution in [-0.4, -0.2) is 79.1 Å². The lowest BCUT2D eigenvalue weighted by Gasteiger charge is -2.37. The number of carbonyl (C=O) groups excluding carboxylic acids is 2. The van der Waals surface area contributed by atoms with Gasteiger partial charge in [-0.05, 0) is 11.5 Å². The standard InChI is InChI=1S/C21H31N3O3/c1-17(18-7-5-4-6-8-18)15-24-16-21(27-20(24)26)10-13-23(14-11-21)12-9-19(25)22(2)3/h4-8,17H,9-16H2,1-3H3/t17-/m0/s1. The normalized spacial score (nSPS) is 20.6. The number of benzene rings is 1. The van der Waals surface area contributed by atoms with Gasteiger partial charge in [-0.25, -0.2) is 4.79 Å². The van der Waals surface area contributed by atoms with Gasteiger partial charge in [-0.15, -0.1) is 0 Å². The van der Waals surface area contributed by atoms with Gasteiger partial charge in [-0.3, -0.25) is 4.79 Å². The van der Waals surface area contributed by atoms with E-state index in [-0.39, 0.29) is 23.5 Å². The van der Waals surface area contributed by atoms with Crippen LogP contribution in [0.3, 0.4) is 0 Å². The molecule has 6 heteroatoms. The Morgan fingerprint density at radius 1 is 1.22 bits per heavy atom. The summed E-state index contributed by atoms with van der Waals surface area (Å²) < 4.78 is 5.84. The molecule has 1 aromatic carbocycles. The second kappa shape index (κ2) is 8.30. The van der Waals surface area contributed by atoms with E-state index in [2.05, 4.69) is 24.0 Å². The van der Waals surface area contributed by atoms with E-state index in [1.54, 1.807) is 19.0 Å². The highest BCUT2D eigenvalue weighted by molar-refractivity contribution is 5.75. The molecule has 2 aliphatic heterocycles. The van der Waals surface area contributed by atoms with Crippen molar-refractivity contribution in [2.24, 2.45) is 0 Å². The van der Waals surface area contributed by atoms with Crippen LogP contribution in [0.4, 0.5) is 4.79 Å². The third-order valence-corrected chi connectivity index (χ3v) is 5.81. The van der Waals surface area contributed by atoms with Crippen LogP contribution in [0.15, 0.2) is 30.3 Å². The summed E-state index contributed by atoms with van der Waals surface area (Å²) in [5, 5.41) is 0. The zero-order valence-electron chi connectivity index (χ0n) is 16.7. The first-order valence-corrected chi connectivity index (χ1v) is 9.84. The monoisotopic (exact) mass is 373 g/mol. The molecule has 0 N–H and O–H groups in total. The van der Waals surface area contributed by atoms with Gasteiger partial charge in [0, 0.05) is 59.5 Å². The predicted molar refractivity (Wildman–Crippen MR) is 105 cm³/mol. The van der Waals surface area contributed by atoms with E-state index in [1.807, 2.05) is 23.1 Å². The van der Waals surface area contributed by atoms with Gasteiger partial charge in [0.05, 0.1) is 6.54 Å². The van der Waals surface area contributed by atoms with Gasteiger partial charge in [0.1, 0.15) is 5.60 Å². The number of rotatable bonds is 6. The first-order valence-electron chi connectivity index (χ1n) is 9.84. The quantitative estimate of drug-likeness (QED) is 0.769. The molecule has 1 atom stereocenters. The van der Waals surface area contributed by atoms with Gasteiger partial charge in [0.2, 0.25) is 5.91 Å². The molecule has 3 rings (SSSR count). The molecule has 0 saturated carbocycles. The highest BCUT2D eigenvalue weighted by Crippen LogP contribution is 2.34. The van der Waals surface area contributed by atoms with E-state index >= 15 is 0 Å². The molecule has 27 heavy (non-hydrogen) atoms. The fraction of sp³-hybridized carbons (Fsp3) is 0.619. The number of nitrogens with zero attached hydrogens (tertiary/aromatic N) is 3. The molecule has 2 heterocycles. The van der Waals surface area contributed by atoms with Crippen molar-refractivity contribution >= 4 is 12.0 Å². The number of ether oxygens (including phenoxy) is 1. The van der Waals surface area contributed by atoms with Crippen molar-refractivity contribution in [1.29, 1.82) is 0 Å². The Bertz CT molecular complexity index is 654.